The van der Waals surface area contributed by atoms with E-state index < -0.39 is 31.4 Å². The van der Waals surface area contributed by atoms with Gasteiger partial charge in [0.1, 0.15) is 33.2 Å². The summed E-state index contributed by atoms with van der Waals surface area (Å²) in [7, 11) is -3.14. The number of hydrogen-bond acceptors (Lipinski definition) is 12. The van der Waals surface area contributed by atoms with Gasteiger partial charge in [0.15, 0.2) is 0 Å². The molecule has 9 rings (SSSR count). The number of fused-ring (bicyclic) bond motifs is 2. The van der Waals surface area contributed by atoms with E-state index in [4.69, 9.17) is 21.1 Å². The number of aryl methyl sites for hydroxylation is 1. The molecule has 340 valence electrons. The summed E-state index contributed by atoms with van der Waals surface area (Å²) in [5.41, 5.74) is 5.55. The number of amides is 1. The molecule has 3 N–H and O–H groups in total. The second kappa shape index (κ2) is 18.1. The number of nitrogens with zero attached hydrogens (tertiary/aromatic N) is 6. The quantitative estimate of drug-likeness (QED) is 0.0741. The van der Waals surface area contributed by atoms with E-state index in [9.17, 15) is 23.3 Å². The van der Waals surface area contributed by atoms with Crippen LogP contribution >= 0.6 is 11.6 Å². The first-order valence-corrected chi connectivity index (χ1v) is 23.8. The molecule has 65 heavy (non-hydrogen) atoms. The predicted octanol–water partition coefficient (Wildman–Crippen LogP) is 8.55. The molecule has 2 fully saturated rings. The maximum absolute atomic E-state index is 14.3. The lowest BCUT2D eigenvalue weighted by atomic mass is 9.72. The Kier molecular flexibility index (Phi) is 12.3. The number of ether oxygens (including phenoxy) is 2. The zero-order valence-electron chi connectivity index (χ0n) is 36.6. The summed E-state index contributed by atoms with van der Waals surface area (Å²) in [6, 6.07) is 17.8. The third kappa shape index (κ3) is 9.55. The van der Waals surface area contributed by atoms with Crippen molar-refractivity contribution in [1.82, 2.24) is 29.1 Å². The number of rotatable bonds is 13. The first-order valence-electron chi connectivity index (χ1n) is 21.9. The highest BCUT2D eigenvalue weighted by molar-refractivity contribution is 7.90. The Labute approximate surface area is 382 Å². The van der Waals surface area contributed by atoms with E-state index in [2.05, 4.69) is 60.8 Å². The summed E-state index contributed by atoms with van der Waals surface area (Å²) in [5.74, 6) is -0.314. The summed E-state index contributed by atoms with van der Waals surface area (Å²) in [4.78, 5) is 42.2. The van der Waals surface area contributed by atoms with E-state index in [-0.39, 0.29) is 39.4 Å². The fourth-order valence-corrected chi connectivity index (χ4v) is 10.6. The van der Waals surface area contributed by atoms with Gasteiger partial charge in [-0.1, -0.05) is 43.2 Å². The number of piperazine rings is 1. The van der Waals surface area contributed by atoms with Crippen molar-refractivity contribution in [1.29, 1.82) is 0 Å². The molecule has 1 aliphatic carbocycles. The number of allylic oxidation sites excluding steroid dienone is 1. The first kappa shape index (κ1) is 44.2. The molecule has 1 amide bonds. The number of H-pyrrole nitrogens is 1. The summed E-state index contributed by atoms with van der Waals surface area (Å²) in [6.45, 7) is 10.2. The second-order valence-corrected chi connectivity index (χ2v) is 20.1. The number of imidazole rings is 1. The van der Waals surface area contributed by atoms with Crippen LogP contribution < -0.4 is 19.7 Å². The number of hydrogen-bond donors (Lipinski definition) is 3. The minimum absolute atomic E-state index is 0.0579. The number of anilines is 2. The minimum Gasteiger partial charge on any atom is -0.455 e. The number of nitro benzene ring substituents is 1. The lowest BCUT2D eigenvalue weighted by molar-refractivity contribution is -0.384. The van der Waals surface area contributed by atoms with Crippen molar-refractivity contribution in [3.63, 3.8) is 0 Å². The van der Waals surface area contributed by atoms with Crippen LogP contribution in [0.3, 0.4) is 0 Å². The average molecular weight is 923 g/mol. The number of halogens is 1. The SMILES string of the molecule is Cn1cnc2c(NCC3CCOCC3)c([N+](=O)[O-])cc(S(=O)(=O)NC(=O)c3ccc(N4CCN(CC5=C(c6ccc(Cl)cc6)CC(C)(C)CC5)CC4)cc3Oc3cnc4[nH]ccc4c3)c21. The van der Waals surface area contributed by atoms with Crippen molar-refractivity contribution in [2.45, 2.75) is 50.8 Å². The highest BCUT2D eigenvalue weighted by Gasteiger charge is 2.33. The highest BCUT2D eigenvalue weighted by atomic mass is 35.5. The molecule has 2 saturated heterocycles. The topological polar surface area (TPSA) is 190 Å². The standard InChI is InChI=1S/C47H52ClN9O7S/c1-47(2)14-10-33(38(25-47)31-4-6-34(48)7-5-31)28-55-16-18-56(19-17-55)35-8-9-37(40(23-35)64-36-22-32-11-15-49-45(32)51-27-36)46(58)53-65(61,62)41-24-39(57(59)60)42(43-44(41)54(3)29-52-43)50-26-30-12-20-63-21-13-30/h4-9,11,15,22-24,27,29-30,50H,10,12-14,16-21,25-26,28H2,1-3H3,(H,49,51)(H,53,58). The number of pyridine rings is 1. The lowest BCUT2D eigenvalue weighted by Crippen LogP contribution is -2.47. The Balaban J connectivity index is 0.977. The Morgan fingerprint density at radius 2 is 1.82 bits per heavy atom. The summed E-state index contributed by atoms with van der Waals surface area (Å²) < 4.78 is 44.1. The molecule has 0 saturated carbocycles. The molecule has 3 aromatic carbocycles. The Bertz CT molecular complexity index is 2920. The molecule has 6 aromatic rings. The molecule has 0 bridgehead atoms. The van der Waals surface area contributed by atoms with Crippen molar-refractivity contribution in [3.05, 3.63) is 111 Å². The van der Waals surface area contributed by atoms with Crippen LogP contribution in [0.15, 0.2) is 89.9 Å². The predicted molar refractivity (Wildman–Crippen MR) is 251 cm³/mol. The number of aromatic nitrogens is 4. The molecule has 5 heterocycles. The third-order valence-corrected chi connectivity index (χ3v) is 14.5. The van der Waals surface area contributed by atoms with Crippen molar-refractivity contribution in [2.75, 3.05) is 62.7 Å². The summed E-state index contributed by atoms with van der Waals surface area (Å²) in [6.07, 6.45) is 9.43. The normalized spacial score (nSPS) is 17.4. The van der Waals surface area contributed by atoms with Gasteiger partial charge in [0.25, 0.3) is 21.6 Å². The smallest absolute Gasteiger partial charge is 0.296 e. The van der Waals surface area contributed by atoms with Gasteiger partial charge in [-0.05, 0) is 91.0 Å². The largest absolute Gasteiger partial charge is 0.455 e. The van der Waals surface area contributed by atoms with Crippen molar-refractivity contribution >= 4 is 72.2 Å². The monoisotopic (exact) mass is 921 g/mol. The molecular formula is C47H52ClN9O7S. The Morgan fingerprint density at radius 3 is 2.57 bits per heavy atom. The number of carbonyl (C=O) groups is 1. The maximum atomic E-state index is 14.3. The van der Waals surface area contributed by atoms with Crippen LogP contribution in [-0.2, 0) is 21.8 Å². The van der Waals surface area contributed by atoms with Gasteiger partial charge < -0.3 is 29.2 Å². The van der Waals surface area contributed by atoms with Crippen LogP contribution in [0.1, 0.15) is 61.9 Å². The zero-order chi connectivity index (χ0) is 45.5. The Hall–Kier alpha value is -6.01. The molecule has 2 aliphatic heterocycles. The number of nitro groups is 1. The van der Waals surface area contributed by atoms with Crippen LogP contribution in [0.25, 0.3) is 27.6 Å². The van der Waals surface area contributed by atoms with Crippen molar-refractivity contribution in [2.24, 2.45) is 18.4 Å². The number of aromatic amines is 1. The molecule has 3 aliphatic rings. The molecule has 0 unspecified atom stereocenters. The fraction of sp³-hybridized carbons (Fsp3) is 0.383. The van der Waals surface area contributed by atoms with Gasteiger partial charge in [-0.25, -0.2) is 23.1 Å². The third-order valence-electron chi connectivity index (χ3n) is 12.9. The van der Waals surface area contributed by atoms with E-state index in [0.717, 1.165) is 73.9 Å². The zero-order valence-corrected chi connectivity index (χ0v) is 38.2. The van der Waals surface area contributed by atoms with Gasteiger partial charge in [0, 0.05) is 94.0 Å². The van der Waals surface area contributed by atoms with Crippen LogP contribution in [0.2, 0.25) is 5.02 Å². The molecule has 0 radical (unpaired) electrons. The van der Waals surface area contributed by atoms with E-state index in [1.165, 1.54) is 33.8 Å². The lowest BCUT2D eigenvalue weighted by Gasteiger charge is -2.39. The molecule has 0 spiro atoms. The number of sulfonamides is 1. The van der Waals surface area contributed by atoms with Crippen LogP contribution in [0.5, 0.6) is 11.5 Å². The van der Waals surface area contributed by atoms with Gasteiger partial charge in [0.2, 0.25) is 0 Å². The van der Waals surface area contributed by atoms with Gasteiger partial charge in [-0.2, -0.15) is 0 Å². The molecule has 18 heteroatoms. The fourth-order valence-electron chi connectivity index (χ4n) is 9.22. The molecular weight excluding hydrogens is 870 g/mol. The van der Waals surface area contributed by atoms with E-state index in [1.807, 2.05) is 18.2 Å². The van der Waals surface area contributed by atoms with E-state index in [1.54, 1.807) is 37.5 Å². The highest BCUT2D eigenvalue weighted by Crippen LogP contribution is 2.44. The molecule has 0 atom stereocenters. The van der Waals surface area contributed by atoms with Gasteiger partial charge >= 0.3 is 0 Å². The number of nitrogens with one attached hydrogen (secondary N) is 3. The van der Waals surface area contributed by atoms with Gasteiger partial charge in [-0.3, -0.25) is 19.8 Å². The van der Waals surface area contributed by atoms with Crippen LogP contribution in [0.4, 0.5) is 17.1 Å². The number of benzene rings is 3. The summed E-state index contributed by atoms with van der Waals surface area (Å²) in [5, 5.41) is 17.2. The summed E-state index contributed by atoms with van der Waals surface area (Å²) >= 11 is 6.25. The van der Waals surface area contributed by atoms with Crippen LogP contribution in [0, 0.1) is 21.4 Å². The van der Waals surface area contributed by atoms with Gasteiger partial charge in [-0.15, -0.1) is 0 Å². The number of carbonyl (C=O) groups excluding carboxylic acids is 1. The van der Waals surface area contributed by atoms with Crippen molar-refractivity contribution in [3.8, 4) is 11.5 Å². The molecule has 3 aromatic heterocycles. The maximum Gasteiger partial charge on any atom is 0.296 e. The van der Waals surface area contributed by atoms with E-state index in [0.29, 0.717) is 44.2 Å². The van der Waals surface area contributed by atoms with Gasteiger partial charge in [0.05, 0.1) is 28.5 Å². The van der Waals surface area contributed by atoms with E-state index >= 15 is 0 Å². The van der Waals surface area contributed by atoms with Crippen molar-refractivity contribution < 1.29 is 27.6 Å². The minimum atomic E-state index is -4.73. The van der Waals surface area contributed by atoms with Crippen LogP contribution in [-0.4, -0.2) is 96.1 Å². The Morgan fingerprint density at radius 1 is 1.05 bits per heavy atom. The first-order chi connectivity index (χ1) is 31.2. The molecule has 16 nitrogen and oxygen atoms in total. The second-order valence-electron chi connectivity index (χ2n) is 18.0. The average Bonchev–Trinajstić information content (AvgIpc) is 3.93.